The number of aromatic amines is 1. The van der Waals surface area contributed by atoms with Gasteiger partial charge in [0.1, 0.15) is 5.56 Å². The lowest BCUT2D eigenvalue weighted by molar-refractivity contribution is -0.114. The zero-order valence-electron chi connectivity index (χ0n) is 8.30. The van der Waals surface area contributed by atoms with Crippen molar-refractivity contribution in [1.29, 1.82) is 0 Å². The Morgan fingerprint density at radius 2 is 2.14 bits per heavy atom. The summed E-state index contributed by atoms with van der Waals surface area (Å²) < 4.78 is 4.59. The van der Waals surface area contributed by atoms with Crippen molar-refractivity contribution in [2.24, 2.45) is 0 Å². The van der Waals surface area contributed by atoms with Gasteiger partial charge in [-0.15, -0.1) is 0 Å². The fraction of sp³-hybridized carbons (Fsp3) is 0.333. The molecule has 0 bridgehead atoms. The molecule has 0 unspecified atom stereocenters. The molecule has 0 aliphatic heterocycles. The molecule has 14 heavy (non-hydrogen) atoms. The van der Waals surface area contributed by atoms with E-state index in [0.717, 1.165) is 0 Å². The Balaban J connectivity index is 3.05. The third-order valence-corrected chi connectivity index (χ3v) is 1.78. The van der Waals surface area contributed by atoms with Gasteiger partial charge in [-0.3, -0.25) is 4.79 Å². The van der Waals surface area contributed by atoms with Gasteiger partial charge in [-0.05, 0) is 6.92 Å². The van der Waals surface area contributed by atoms with Crippen molar-refractivity contribution in [3.8, 4) is 0 Å². The SMILES string of the molecule is COC(=O)c1c(NC(C)=O)c[nH]c1C. The van der Waals surface area contributed by atoms with Gasteiger partial charge in [0.05, 0.1) is 12.8 Å². The molecule has 5 heteroatoms. The third-order valence-electron chi connectivity index (χ3n) is 1.78. The molecule has 0 spiro atoms. The number of aryl methyl sites for hydroxylation is 1. The first-order valence-electron chi connectivity index (χ1n) is 4.10. The van der Waals surface area contributed by atoms with Crippen molar-refractivity contribution in [3.63, 3.8) is 0 Å². The molecule has 1 rings (SSSR count). The van der Waals surface area contributed by atoms with Gasteiger partial charge in [0.25, 0.3) is 0 Å². The Bertz CT molecular complexity index is 368. The van der Waals surface area contributed by atoms with Crippen LogP contribution in [0.4, 0.5) is 5.69 Å². The summed E-state index contributed by atoms with van der Waals surface area (Å²) >= 11 is 0. The lowest BCUT2D eigenvalue weighted by Crippen LogP contribution is -2.10. The predicted octanol–water partition coefficient (Wildman–Crippen LogP) is 1.07. The summed E-state index contributed by atoms with van der Waals surface area (Å²) in [5, 5.41) is 2.54. The normalized spacial score (nSPS) is 9.64. The maximum Gasteiger partial charge on any atom is 0.341 e. The summed E-state index contributed by atoms with van der Waals surface area (Å²) in [6, 6.07) is 0. The fourth-order valence-corrected chi connectivity index (χ4v) is 1.18. The minimum absolute atomic E-state index is 0.228. The summed E-state index contributed by atoms with van der Waals surface area (Å²) in [7, 11) is 1.30. The molecule has 0 fully saturated rings. The van der Waals surface area contributed by atoms with E-state index in [1.54, 1.807) is 13.1 Å². The summed E-state index contributed by atoms with van der Waals surface area (Å²) in [5.74, 6) is -0.693. The molecule has 0 atom stereocenters. The topological polar surface area (TPSA) is 71.2 Å². The van der Waals surface area contributed by atoms with Crippen LogP contribution in [0.25, 0.3) is 0 Å². The molecule has 2 N–H and O–H groups in total. The van der Waals surface area contributed by atoms with E-state index in [9.17, 15) is 9.59 Å². The summed E-state index contributed by atoms with van der Waals surface area (Å²) in [6.07, 6.45) is 1.56. The second-order valence-electron chi connectivity index (χ2n) is 2.88. The van der Waals surface area contributed by atoms with E-state index in [-0.39, 0.29) is 5.91 Å². The quantitative estimate of drug-likeness (QED) is 0.695. The van der Waals surface area contributed by atoms with E-state index in [1.807, 2.05) is 0 Å². The van der Waals surface area contributed by atoms with Gasteiger partial charge in [0, 0.05) is 18.8 Å². The van der Waals surface area contributed by atoms with Crippen LogP contribution in [0.5, 0.6) is 0 Å². The monoisotopic (exact) mass is 196 g/mol. The minimum atomic E-state index is -0.465. The first-order chi connectivity index (χ1) is 6.56. The predicted molar refractivity (Wildman–Crippen MR) is 51.2 cm³/mol. The molecule has 0 radical (unpaired) electrons. The zero-order chi connectivity index (χ0) is 10.7. The highest BCUT2D eigenvalue weighted by Gasteiger charge is 2.17. The number of carbonyl (C=O) groups excluding carboxylic acids is 2. The highest BCUT2D eigenvalue weighted by atomic mass is 16.5. The maximum atomic E-state index is 11.3. The zero-order valence-corrected chi connectivity index (χ0v) is 8.30. The molecular weight excluding hydrogens is 184 g/mol. The average molecular weight is 196 g/mol. The van der Waals surface area contributed by atoms with Crippen molar-refractivity contribution in [1.82, 2.24) is 4.98 Å². The molecule has 0 saturated carbocycles. The lowest BCUT2D eigenvalue weighted by atomic mass is 10.2. The van der Waals surface area contributed by atoms with Crippen molar-refractivity contribution >= 4 is 17.6 Å². The molecular formula is C9H12N2O3. The number of rotatable bonds is 2. The molecule has 1 heterocycles. The summed E-state index contributed by atoms with van der Waals surface area (Å²) in [5.41, 5.74) is 1.48. The highest BCUT2D eigenvalue weighted by molar-refractivity contribution is 6.01. The summed E-state index contributed by atoms with van der Waals surface area (Å²) in [6.45, 7) is 3.11. The van der Waals surface area contributed by atoms with Crippen molar-refractivity contribution in [2.45, 2.75) is 13.8 Å². The van der Waals surface area contributed by atoms with Crippen LogP contribution in [0, 0.1) is 6.92 Å². The standard InChI is InChI=1S/C9H12N2O3/c1-5-8(9(13)14-3)7(4-10-5)11-6(2)12/h4,10H,1-3H3,(H,11,12). The number of amides is 1. The number of nitrogens with one attached hydrogen (secondary N) is 2. The van der Waals surface area contributed by atoms with Crippen LogP contribution in [-0.4, -0.2) is 24.0 Å². The van der Waals surface area contributed by atoms with Gasteiger partial charge in [0.2, 0.25) is 5.91 Å². The molecule has 0 saturated heterocycles. The third kappa shape index (κ3) is 1.93. The number of hydrogen-bond donors (Lipinski definition) is 2. The Morgan fingerprint density at radius 3 is 2.64 bits per heavy atom. The van der Waals surface area contributed by atoms with Crippen LogP contribution in [0.1, 0.15) is 23.0 Å². The van der Waals surface area contributed by atoms with E-state index >= 15 is 0 Å². The number of methoxy groups -OCH3 is 1. The van der Waals surface area contributed by atoms with Crippen LogP contribution in [0.15, 0.2) is 6.20 Å². The molecule has 1 aromatic heterocycles. The number of carbonyl (C=O) groups is 2. The number of anilines is 1. The van der Waals surface area contributed by atoms with Gasteiger partial charge >= 0.3 is 5.97 Å². The Hall–Kier alpha value is -1.78. The van der Waals surface area contributed by atoms with Crippen LogP contribution in [0.3, 0.4) is 0 Å². The van der Waals surface area contributed by atoms with Crippen LogP contribution >= 0.6 is 0 Å². The van der Waals surface area contributed by atoms with Crippen molar-refractivity contribution in [3.05, 3.63) is 17.5 Å². The van der Waals surface area contributed by atoms with E-state index in [2.05, 4.69) is 15.0 Å². The van der Waals surface area contributed by atoms with E-state index in [0.29, 0.717) is 16.9 Å². The van der Waals surface area contributed by atoms with Gasteiger partial charge in [-0.2, -0.15) is 0 Å². The Labute approximate surface area is 81.5 Å². The van der Waals surface area contributed by atoms with E-state index in [1.165, 1.54) is 14.0 Å². The molecule has 1 amide bonds. The largest absolute Gasteiger partial charge is 0.465 e. The van der Waals surface area contributed by atoms with Crippen LogP contribution in [-0.2, 0) is 9.53 Å². The smallest absolute Gasteiger partial charge is 0.341 e. The first-order valence-corrected chi connectivity index (χ1v) is 4.10. The number of H-pyrrole nitrogens is 1. The van der Waals surface area contributed by atoms with E-state index in [4.69, 9.17) is 0 Å². The Kier molecular flexibility index (Phi) is 2.91. The second-order valence-corrected chi connectivity index (χ2v) is 2.88. The minimum Gasteiger partial charge on any atom is -0.465 e. The van der Waals surface area contributed by atoms with Gasteiger partial charge in [0.15, 0.2) is 0 Å². The van der Waals surface area contributed by atoms with E-state index < -0.39 is 5.97 Å². The average Bonchev–Trinajstić information content (AvgIpc) is 2.45. The molecule has 5 nitrogen and oxygen atoms in total. The fourth-order valence-electron chi connectivity index (χ4n) is 1.18. The number of hydrogen-bond acceptors (Lipinski definition) is 3. The number of aromatic nitrogens is 1. The highest BCUT2D eigenvalue weighted by Crippen LogP contribution is 2.19. The van der Waals surface area contributed by atoms with Crippen molar-refractivity contribution < 1.29 is 14.3 Å². The number of ether oxygens (including phenoxy) is 1. The second kappa shape index (κ2) is 3.95. The maximum absolute atomic E-state index is 11.3. The summed E-state index contributed by atoms with van der Waals surface area (Å²) in [4.78, 5) is 25.0. The van der Waals surface area contributed by atoms with Gasteiger partial charge < -0.3 is 15.0 Å². The van der Waals surface area contributed by atoms with Crippen LogP contribution < -0.4 is 5.32 Å². The van der Waals surface area contributed by atoms with Crippen LogP contribution in [0.2, 0.25) is 0 Å². The Morgan fingerprint density at radius 1 is 1.50 bits per heavy atom. The molecule has 0 aromatic carbocycles. The molecule has 0 aliphatic carbocycles. The molecule has 76 valence electrons. The van der Waals surface area contributed by atoms with Crippen molar-refractivity contribution in [2.75, 3.05) is 12.4 Å². The first kappa shape index (κ1) is 10.3. The van der Waals surface area contributed by atoms with Gasteiger partial charge in [-0.1, -0.05) is 0 Å². The molecule has 0 aliphatic rings. The van der Waals surface area contributed by atoms with Gasteiger partial charge in [-0.25, -0.2) is 4.79 Å². The lowest BCUT2D eigenvalue weighted by Gasteiger charge is -2.03. The number of esters is 1. The molecule has 1 aromatic rings.